The van der Waals surface area contributed by atoms with Crippen LogP contribution in [0.5, 0.6) is 0 Å². The van der Waals surface area contributed by atoms with Gasteiger partial charge in [-0.1, -0.05) is 12.1 Å². The molecule has 0 fully saturated rings. The largest absolute Gasteiger partial charge is 0.383 e. The average molecular weight is 202 g/mol. The van der Waals surface area contributed by atoms with Crippen LogP contribution in [-0.2, 0) is 0 Å². The molecule has 1 heterocycles. The van der Waals surface area contributed by atoms with Crippen molar-refractivity contribution in [1.82, 2.24) is 4.98 Å². The van der Waals surface area contributed by atoms with Crippen LogP contribution < -0.4 is 5.73 Å². The summed E-state index contributed by atoms with van der Waals surface area (Å²) in [6.45, 7) is 1.85. The maximum Gasteiger partial charge on any atom is 0.131 e. The van der Waals surface area contributed by atoms with Crippen molar-refractivity contribution in [2.75, 3.05) is 5.73 Å². The van der Waals surface area contributed by atoms with Crippen molar-refractivity contribution in [2.45, 2.75) is 6.92 Å². The number of hydrogen-bond donors (Lipinski definition) is 1. The average Bonchev–Trinajstić information content (AvgIpc) is 2.20. The Balaban J connectivity index is 2.60. The zero-order valence-electron chi connectivity index (χ0n) is 8.37. The van der Waals surface area contributed by atoms with E-state index in [0.717, 1.165) is 5.56 Å². The van der Waals surface area contributed by atoms with Crippen molar-refractivity contribution < 1.29 is 4.39 Å². The fraction of sp³-hybridized carbons (Fsp3) is 0.0833. The van der Waals surface area contributed by atoms with E-state index in [4.69, 9.17) is 5.73 Å². The first-order valence-electron chi connectivity index (χ1n) is 4.65. The molecule has 0 radical (unpaired) electrons. The number of aromatic nitrogens is 1. The molecular formula is C12H11FN2. The summed E-state index contributed by atoms with van der Waals surface area (Å²) < 4.78 is 13.6. The molecule has 0 spiro atoms. The number of aryl methyl sites for hydroxylation is 1. The van der Waals surface area contributed by atoms with Gasteiger partial charge in [0.2, 0.25) is 0 Å². The first kappa shape index (κ1) is 9.65. The van der Waals surface area contributed by atoms with Gasteiger partial charge in [0.05, 0.1) is 0 Å². The van der Waals surface area contributed by atoms with Crippen LogP contribution in [0, 0.1) is 12.7 Å². The normalized spacial score (nSPS) is 10.3. The first-order valence-corrected chi connectivity index (χ1v) is 4.65. The van der Waals surface area contributed by atoms with Crippen LogP contribution in [-0.4, -0.2) is 4.98 Å². The highest BCUT2D eigenvalue weighted by molar-refractivity contribution is 5.74. The van der Waals surface area contributed by atoms with E-state index in [1.807, 2.05) is 13.0 Å². The Kier molecular flexibility index (Phi) is 2.37. The van der Waals surface area contributed by atoms with Gasteiger partial charge in [0.15, 0.2) is 0 Å². The third-order valence-electron chi connectivity index (χ3n) is 2.25. The Hall–Kier alpha value is -1.90. The minimum absolute atomic E-state index is 0.269. The highest BCUT2D eigenvalue weighted by atomic mass is 19.1. The molecule has 2 aromatic rings. The standard InChI is InChI=1S/C12H11FN2/c1-8-4-5-9(11(13)7-8)10-3-2-6-15-12(10)14/h2-7H,1H3,(H2,14,15). The minimum Gasteiger partial charge on any atom is -0.383 e. The zero-order valence-corrected chi connectivity index (χ0v) is 8.37. The molecule has 2 N–H and O–H groups in total. The lowest BCUT2D eigenvalue weighted by Gasteiger charge is -2.06. The van der Waals surface area contributed by atoms with E-state index in [9.17, 15) is 4.39 Å². The van der Waals surface area contributed by atoms with Gasteiger partial charge >= 0.3 is 0 Å². The molecule has 0 aliphatic heterocycles. The van der Waals surface area contributed by atoms with Crippen LogP contribution >= 0.6 is 0 Å². The van der Waals surface area contributed by atoms with Crippen LogP contribution in [0.4, 0.5) is 10.2 Å². The third-order valence-corrected chi connectivity index (χ3v) is 2.25. The van der Waals surface area contributed by atoms with Gasteiger partial charge in [-0.15, -0.1) is 0 Å². The summed E-state index contributed by atoms with van der Waals surface area (Å²) in [5.74, 6) is 0.0787. The van der Waals surface area contributed by atoms with Crippen molar-refractivity contribution in [3.63, 3.8) is 0 Å². The van der Waals surface area contributed by atoms with Crippen molar-refractivity contribution in [3.8, 4) is 11.1 Å². The number of pyridine rings is 1. The molecule has 0 saturated carbocycles. The van der Waals surface area contributed by atoms with E-state index in [0.29, 0.717) is 16.9 Å². The molecule has 1 aromatic carbocycles. The third kappa shape index (κ3) is 1.81. The van der Waals surface area contributed by atoms with Gasteiger partial charge in [0.25, 0.3) is 0 Å². The van der Waals surface area contributed by atoms with Crippen molar-refractivity contribution >= 4 is 5.82 Å². The van der Waals surface area contributed by atoms with E-state index in [-0.39, 0.29) is 5.82 Å². The fourth-order valence-corrected chi connectivity index (χ4v) is 1.48. The highest BCUT2D eigenvalue weighted by Gasteiger charge is 2.08. The summed E-state index contributed by atoms with van der Waals surface area (Å²) in [4.78, 5) is 3.93. The molecule has 2 rings (SSSR count). The van der Waals surface area contributed by atoms with Gasteiger partial charge in [-0.25, -0.2) is 9.37 Å². The molecule has 0 bridgehead atoms. The molecule has 0 unspecified atom stereocenters. The Morgan fingerprint density at radius 1 is 1.20 bits per heavy atom. The highest BCUT2D eigenvalue weighted by Crippen LogP contribution is 2.26. The van der Waals surface area contributed by atoms with Gasteiger partial charge in [0, 0.05) is 17.3 Å². The lowest BCUT2D eigenvalue weighted by Crippen LogP contribution is -1.95. The number of nitrogens with two attached hydrogens (primary N) is 1. The maximum absolute atomic E-state index is 13.6. The van der Waals surface area contributed by atoms with Crippen molar-refractivity contribution in [3.05, 3.63) is 47.9 Å². The summed E-state index contributed by atoms with van der Waals surface area (Å²) in [6, 6.07) is 8.56. The predicted octanol–water partition coefficient (Wildman–Crippen LogP) is 2.78. The second-order valence-electron chi connectivity index (χ2n) is 3.42. The molecule has 0 amide bonds. The Morgan fingerprint density at radius 3 is 2.67 bits per heavy atom. The van der Waals surface area contributed by atoms with Crippen LogP contribution in [0.1, 0.15) is 5.56 Å². The van der Waals surface area contributed by atoms with Crippen molar-refractivity contribution in [1.29, 1.82) is 0 Å². The van der Waals surface area contributed by atoms with Crippen LogP contribution in [0.3, 0.4) is 0 Å². The number of anilines is 1. The molecule has 3 heteroatoms. The van der Waals surface area contributed by atoms with E-state index in [1.165, 1.54) is 6.07 Å². The van der Waals surface area contributed by atoms with Crippen molar-refractivity contribution in [2.24, 2.45) is 0 Å². The molecule has 1 aromatic heterocycles. The first-order chi connectivity index (χ1) is 7.18. The number of nitrogen functional groups attached to an aromatic ring is 1. The molecule has 0 aliphatic rings. The molecule has 15 heavy (non-hydrogen) atoms. The number of halogens is 1. The lowest BCUT2D eigenvalue weighted by molar-refractivity contribution is 0.630. The zero-order chi connectivity index (χ0) is 10.8. The predicted molar refractivity (Wildman–Crippen MR) is 58.8 cm³/mol. The fourth-order valence-electron chi connectivity index (χ4n) is 1.48. The number of benzene rings is 1. The topological polar surface area (TPSA) is 38.9 Å². The number of nitrogens with zero attached hydrogens (tertiary/aromatic N) is 1. The molecular weight excluding hydrogens is 191 g/mol. The van der Waals surface area contributed by atoms with Gasteiger partial charge < -0.3 is 5.73 Å². The second kappa shape index (κ2) is 3.69. The van der Waals surface area contributed by atoms with Crippen LogP contribution in [0.25, 0.3) is 11.1 Å². The van der Waals surface area contributed by atoms with E-state index >= 15 is 0 Å². The SMILES string of the molecule is Cc1ccc(-c2cccnc2N)c(F)c1. The van der Waals surface area contributed by atoms with Gasteiger partial charge in [-0.3, -0.25) is 0 Å². The Morgan fingerprint density at radius 2 is 2.00 bits per heavy atom. The quantitative estimate of drug-likeness (QED) is 0.772. The molecule has 76 valence electrons. The summed E-state index contributed by atoms with van der Waals surface area (Å²) in [7, 11) is 0. The monoisotopic (exact) mass is 202 g/mol. The summed E-state index contributed by atoms with van der Waals surface area (Å²) in [6.07, 6.45) is 1.59. The molecule has 0 saturated heterocycles. The number of rotatable bonds is 1. The van der Waals surface area contributed by atoms with Gasteiger partial charge in [-0.05, 0) is 30.7 Å². The van der Waals surface area contributed by atoms with E-state index < -0.39 is 0 Å². The van der Waals surface area contributed by atoms with E-state index in [1.54, 1.807) is 24.4 Å². The second-order valence-corrected chi connectivity index (χ2v) is 3.42. The Bertz CT molecular complexity index is 495. The van der Waals surface area contributed by atoms with Crippen LogP contribution in [0.15, 0.2) is 36.5 Å². The molecule has 2 nitrogen and oxygen atoms in total. The summed E-state index contributed by atoms with van der Waals surface area (Å²) in [5, 5.41) is 0. The molecule has 0 aliphatic carbocycles. The van der Waals surface area contributed by atoms with E-state index in [2.05, 4.69) is 4.98 Å². The van der Waals surface area contributed by atoms with Gasteiger partial charge in [0.1, 0.15) is 11.6 Å². The Labute approximate surface area is 87.6 Å². The summed E-state index contributed by atoms with van der Waals surface area (Å²) >= 11 is 0. The van der Waals surface area contributed by atoms with Gasteiger partial charge in [-0.2, -0.15) is 0 Å². The molecule has 0 atom stereocenters. The smallest absolute Gasteiger partial charge is 0.131 e. The maximum atomic E-state index is 13.6. The summed E-state index contributed by atoms with van der Waals surface area (Å²) in [5.41, 5.74) is 7.70. The van der Waals surface area contributed by atoms with Crippen LogP contribution in [0.2, 0.25) is 0 Å². The minimum atomic E-state index is -0.269. The number of hydrogen-bond acceptors (Lipinski definition) is 2. The lowest BCUT2D eigenvalue weighted by atomic mass is 10.0.